The van der Waals surface area contributed by atoms with E-state index in [-0.39, 0.29) is 5.56 Å². The van der Waals surface area contributed by atoms with Gasteiger partial charge in [0, 0.05) is 51.0 Å². The molecule has 1 amide bonds. The number of pyridine rings is 3. The average Bonchev–Trinajstić information content (AvgIpc) is 3.69. The van der Waals surface area contributed by atoms with Crippen LogP contribution in [0.15, 0.2) is 55.2 Å². The van der Waals surface area contributed by atoms with Crippen LogP contribution in [0.4, 0.5) is 5.95 Å². The lowest BCUT2D eigenvalue weighted by molar-refractivity contribution is -0.126. The number of nitrogens with one attached hydrogen (secondary N) is 1. The Balaban J connectivity index is 1.24. The Hall–Kier alpha value is -5.40. The first kappa shape index (κ1) is 24.9. The lowest BCUT2D eigenvalue weighted by atomic mass is 10.0. The molecule has 1 fully saturated rings. The quantitative estimate of drug-likeness (QED) is 0.236. The normalized spacial score (nSPS) is 13.4. The summed E-state index contributed by atoms with van der Waals surface area (Å²) in [4.78, 5) is 46.5. The van der Waals surface area contributed by atoms with Crippen LogP contribution in [0.2, 0.25) is 0 Å². The van der Waals surface area contributed by atoms with E-state index in [1.807, 2.05) is 17.0 Å². The molecule has 14 nitrogen and oxygen atoms in total. The maximum Gasteiger partial charge on any atom is 0.295 e. The maximum atomic E-state index is 13.5. The molecule has 0 saturated carbocycles. The van der Waals surface area contributed by atoms with Gasteiger partial charge in [-0.2, -0.15) is 4.68 Å². The van der Waals surface area contributed by atoms with E-state index in [9.17, 15) is 9.59 Å². The standard InChI is InChI=1S/C26H24N10O4/c1-39-18-6-8-27-13-16(18)22-23-21(19(40-2)15-30-22)17(14-29-23)24(37)25(38)34-9-11-35(12-10-34)26-31-32-33-36(26)20-5-3-4-7-28-20/h3-8,13-15,29H,9-12H2,1-2H3. The first-order valence-electron chi connectivity index (χ1n) is 12.4. The SMILES string of the molecule is COc1ccncc1-c1ncc(OC)c2c(C(=O)C(=O)N3CCN(c4nnnn4-c4ccccn4)CC3)c[nH]c12. The summed E-state index contributed by atoms with van der Waals surface area (Å²) in [6.07, 6.45) is 7.94. The summed E-state index contributed by atoms with van der Waals surface area (Å²) in [5, 5.41) is 12.4. The van der Waals surface area contributed by atoms with Crippen LogP contribution < -0.4 is 14.4 Å². The zero-order valence-corrected chi connectivity index (χ0v) is 21.7. The topological polar surface area (TPSA) is 157 Å². The van der Waals surface area contributed by atoms with E-state index in [1.54, 1.807) is 42.5 Å². The first-order valence-corrected chi connectivity index (χ1v) is 12.4. The molecule has 0 radical (unpaired) electrons. The minimum Gasteiger partial charge on any atom is -0.496 e. The zero-order valence-electron chi connectivity index (χ0n) is 21.7. The summed E-state index contributed by atoms with van der Waals surface area (Å²) in [6.45, 7) is 1.52. The fraction of sp³-hybridized carbons (Fsp3) is 0.231. The summed E-state index contributed by atoms with van der Waals surface area (Å²) in [7, 11) is 3.04. The van der Waals surface area contributed by atoms with Gasteiger partial charge in [-0.1, -0.05) is 11.2 Å². The summed E-state index contributed by atoms with van der Waals surface area (Å²) in [5.41, 5.74) is 1.89. The second kappa shape index (κ2) is 10.4. The van der Waals surface area contributed by atoms with Crippen molar-refractivity contribution < 1.29 is 19.1 Å². The van der Waals surface area contributed by atoms with E-state index in [0.29, 0.717) is 71.6 Å². The number of anilines is 1. The third kappa shape index (κ3) is 4.24. The number of carbonyl (C=O) groups is 2. The number of H-pyrrole nitrogens is 1. The van der Waals surface area contributed by atoms with E-state index in [0.717, 1.165) is 0 Å². The zero-order chi connectivity index (χ0) is 27.6. The Morgan fingerprint density at radius 1 is 0.950 bits per heavy atom. The molecule has 0 aromatic carbocycles. The van der Waals surface area contributed by atoms with Crippen LogP contribution in [0.5, 0.6) is 11.5 Å². The number of methoxy groups -OCH3 is 2. The summed E-state index contributed by atoms with van der Waals surface area (Å²) >= 11 is 0. The third-order valence-electron chi connectivity index (χ3n) is 6.76. The second-order valence-corrected chi connectivity index (χ2v) is 8.89. The predicted molar refractivity (Wildman–Crippen MR) is 143 cm³/mol. The van der Waals surface area contributed by atoms with Gasteiger partial charge in [0.25, 0.3) is 17.6 Å². The molecule has 1 N–H and O–H groups in total. The minimum absolute atomic E-state index is 0.199. The summed E-state index contributed by atoms with van der Waals surface area (Å²) < 4.78 is 12.5. The van der Waals surface area contributed by atoms with Gasteiger partial charge in [0.2, 0.25) is 0 Å². The van der Waals surface area contributed by atoms with E-state index >= 15 is 0 Å². The molecular weight excluding hydrogens is 516 g/mol. The van der Waals surface area contributed by atoms with Gasteiger partial charge in [-0.25, -0.2) is 9.97 Å². The van der Waals surface area contributed by atoms with E-state index in [1.165, 1.54) is 24.4 Å². The lowest BCUT2D eigenvalue weighted by Gasteiger charge is -2.34. The molecule has 1 aliphatic rings. The molecule has 1 saturated heterocycles. The molecular formula is C26H24N10O4. The number of fused-ring (bicyclic) bond motifs is 1. The van der Waals surface area contributed by atoms with E-state index in [4.69, 9.17) is 9.47 Å². The molecule has 6 heterocycles. The number of aromatic nitrogens is 8. The van der Waals surface area contributed by atoms with Crippen molar-refractivity contribution in [1.29, 1.82) is 0 Å². The Bertz CT molecular complexity index is 1690. The van der Waals surface area contributed by atoms with Gasteiger partial charge >= 0.3 is 0 Å². The Morgan fingerprint density at radius 2 is 1.77 bits per heavy atom. The molecule has 14 heteroatoms. The number of aromatic amines is 1. The van der Waals surface area contributed by atoms with Gasteiger partial charge in [0.05, 0.1) is 48.1 Å². The van der Waals surface area contributed by atoms with Crippen LogP contribution in [0.3, 0.4) is 0 Å². The molecule has 0 bridgehead atoms. The number of carbonyl (C=O) groups excluding carboxylic acids is 2. The average molecular weight is 541 g/mol. The smallest absolute Gasteiger partial charge is 0.295 e. The van der Waals surface area contributed by atoms with Crippen LogP contribution in [0, 0.1) is 0 Å². The van der Waals surface area contributed by atoms with Crippen LogP contribution >= 0.6 is 0 Å². The molecule has 1 aliphatic heterocycles. The van der Waals surface area contributed by atoms with Crippen molar-refractivity contribution in [3.05, 3.63) is 60.8 Å². The van der Waals surface area contributed by atoms with Crippen molar-refractivity contribution in [2.45, 2.75) is 0 Å². The molecule has 40 heavy (non-hydrogen) atoms. The third-order valence-corrected chi connectivity index (χ3v) is 6.76. The molecule has 0 aliphatic carbocycles. The largest absolute Gasteiger partial charge is 0.496 e. The van der Waals surface area contributed by atoms with Crippen molar-refractivity contribution >= 4 is 28.5 Å². The van der Waals surface area contributed by atoms with Gasteiger partial charge in [-0.3, -0.25) is 14.6 Å². The van der Waals surface area contributed by atoms with Gasteiger partial charge in [0.1, 0.15) is 11.5 Å². The number of Topliss-reactive ketones (excluding diaryl/α,β-unsaturated/α-hetero) is 1. The molecule has 5 aromatic rings. The number of ketones is 1. The Labute approximate surface area is 227 Å². The number of hydrogen-bond donors (Lipinski definition) is 1. The second-order valence-electron chi connectivity index (χ2n) is 8.89. The molecule has 0 unspecified atom stereocenters. The number of amides is 1. The fourth-order valence-corrected chi connectivity index (χ4v) is 4.77. The lowest BCUT2D eigenvalue weighted by Crippen LogP contribution is -2.51. The van der Waals surface area contributed by atoms with Crippen LogP contribution in [-0.4, -0.2) is 97.1 Å². The number of ether oxygens (including phenoxy) is 2. The molecule has 0 spiro atoms. The Kier molecular flexibility index (Phi) is 6.48. The highest BCUT2D eigenvalue weighted by Crippen LogP contribution is 2.37. The molecule has 202 valence electrons. The summed E-state index contributed by atoms with van der Waals surface area (Å²) in [5.74, 6) is 0.784. The van der Waals surface area contributed by atoms with Gasteiger partial charge < -0.3 is 24.3 Å². The van der Waals surface area contributed by atoms with E-state index in [2.05, 4.69) is 35.5 Å². The van der Waals surface area contributed by atoms with Crippen molar-refractivity contribution in [3.63, 3.8) is 0 Å². The molecule has 6 rings (SSSR count). The highest BCUT2D eigenvalue weighted by atomic mass is 16.5. The molecule has 5 aromatic heterocycles. The van der Waals surface area contributed by atoms with Gasteiger partial charge in [0.15, 0.2) is 5.82 Å². The number of hydrogen-bond acceptors (Lipinski definition) is 11. The van der Waals surface area contributed by atoms with Gasteiger partial charge in [-0.15, -0.1) is 0 Å². The summed E-state index contributed by atoms with van der Waals surface area (Å²) in [6, 6.07) is 7.19. The van der Waals surface area contributed by atoms with Crippen LogP contribution in [0.25, 0.3) is 28.0 Å². The van der Waals surface area contributed by atoms with Gasteiger partial charge in [-0.05, 0) is 28.6 Å². The molecule has 0 atom stereocenters. The van der Waals surface area contributed by atoms with Crippen LogP contribution in [0.1, 0.15) is 10.4 Å². The highest BCUT2D eigenvalue weighted by Gasteiger charge is 2.31. The monoisotopic (exact) mass is 540 g/mol. The van der Waals surface area contributed by atoms with Crippen molar-refractivity contribution in [2.75, 3.05) is 45.3 Å². The highest BCUT2D eigenvalue weighted by molar-refractivity contribution is 6.45. The Morgan fingerprint density at radius 3 is 2.52 bits per heavy atom. The maximum absolute atomic E-state index is 13.5. The fourth-order valence-electron chi connectivity index (χ4n) is 4.77. The number of nitrogens with zero attached hydrogens (tertiary/aromatic N) is 9. The predicted octanol–water partition coefficient (Wildman–Crippen LogP) is 1.54. The number of piperazine rings is 1. The van der Waals surface area contributed by atoms with Crippen LogP contribution in [-0.2, 0) is 4.79 Å². The van der Waals surface area contributed by atoms with Crippen molar-refractivity contribution in [3.8, 4) is 28.6 Å². The number of tetrazole rings is 1. The first-order chi connectivity index (χ1) is 19.6. The van der Waals surface area contributed by atoms with E-state index < -0.39 is 11.7 Å². The number of rotatable bonds is 7. The minimum atomic E-state index is -0.647. The van der Waals surface area contributed by atoms with Crippen molar-refractivity contribution in [2.24, 2.45) is 0 Å². The van der Waals surface area contributed by atoms with Crippen molar-refractivity contribution in [1.82, 2.24) is 45.0 Å².